The number of nitrogens with zero attached hydrogens (tertiary/aromatic N) is 4. The average Bonchev–Trinajstić information content (AvgIpc) is 2.83. The Morgan fingerprint density at radius 2 is 1.90 bits per heavy atom. The third-order valence-electron chi connectivity index (χ3n) is 3.20. The lowest BCUT2D eigenvalue weighted by Gasteiger charge is -2.03. The average molecular weight is 276 g/mol. The second kappa shape index (κ2) is 5.10. The van der Waals surface area contributed by atoms with E-state index in [1.54, 1.807) is 42.6 Å². The predicted molar refractivity (Wildman–Crippen MR) is 77.9 cm³/mol. The Balaban J connectivity index is 2.12. The summed E-state index contributed by atoms with van der Waals surface area (Å²) in [4.78, 5) is 4.18. The minimum absolute atomic E-state index is 0.0379. The zero-order valence-electron chi connectivity index (χ0n) is 11.4. The van der Waals surface area contributed by atoms with E-state index in [0.29, 0.717) is 22.6 Å². The lowest BCUT2D eigenvalue weighted by atomic mass is 10.0. The Kier molecular flexibility index (Phi) is 3.13. The zero-order chi connectivity index (χ0) is 14.8. The first kappa shape index (κ1) is 12.9. The van der Waals surface area contributed by atoms with Crippen LogP contribution in [0.5, 0.6) is 5.88 Å². The number of pyridine rings is 1. The second-order valence-corrected chi connectivity index (χ2v) is 4.57. The molecule has 2 heterocycles. The van der Waals surface area contributed by atoms with Crippen LogP contribution in [0.15, 0.2) is 48.7 Å². The van der Waals surface area contributed by atoms with Crippen LogP contribution in [-0.2, 0) is 0 Å². The van der Waals surface area contributed by atoms with E-state index in [-0.39, 0.29) is 5.88 Å². The summed E-state index contributed by atoms with van der Waals surface area (Å²) in [5.74, 6) is 0.592. The maximum Gasteiger partial charge on any atom is 0.223 e. The molecular formula is C16H12N4O. The van der Waals surface area contributed by atoms with Gasteiger partial charge in [-0.3, -0.25) is 0 Å². The first-order valence-electron chi connectivity index (χ1n) is 6.41. The highest BCUT2D eigenvalue weighted by Crippen LogP contribution is 2.33. The largest absolute Gasteiger partial charge is 0.493 e. The molecule has 0 aliphatic rings. The van der Waals surface area contributed by atoms with Gasteiger partial charge in [-0.2, -0.15) is 15.0 Å². The topological polar surface area (TPSA) is 74.7 Å². The van der Waals surface area contributed by atoms with Crippen LogP contribution >= 0.6 is 0 Å². The third-order valence-corrected chi connectivity index (χ3v) is 3.20. The highest BCUT2D eigenvalue weighted by atomic mass is 16.3. The highest BCUT2D eigenvalue weighted by molar-refractivity contribution is 5.72. The summed E-state index contributed by atoms with van der Waals surface area (Å²) >= 11 is 0. The van der Waals surface area contributed by atoms with Crippen LogP contribution < -0.4 is 0 Å². The van der Waals surface area contributed by atoms with E-state index in [4.69, 9.17) is 5.26 Å². The van der Waals surface area contributed by atoms with Crippen molar-refractivity contribution >= 4 is 0 Å². The lowest BCUT2D eigenvalue weighted by Crippen LogP contribution is -1.98. The lowest BCUT2D eigenvalue weighted by molar-refractivity contribution is 0.433. The molecule has 0 saturated heterocycles. The van der Waals surface area contributed by atoms with Gasteiger partial charge in [0.1, 0.15) is 0 Å². The monoisotopic (exact) mass is 276 g/mol. The highest BCUT2D eigenvalue weighted by Gasteiger charge is 2.17. The molecule has 0 atom stereocenters. The summed E-state index contributed by atoms with van der Waals surface area (Å²) < 4.78 is 1.41. The van der Waals surface area contributed by atoms with E-state index in [1.807, 2.05) is 13.0 Å². The molecule has 0 bridgehead atoms. The second-order valence-electron chi connectivity index (χ2n) is 4.57. The van der Waals surface area contributed by atoms with Crippen molar-refractivity contribution in [1.82, 2.24) is 14.8 Å². The molecule has 0 fully saturated rings. The van der Waals surface area contributed by atoms with Crippen molar-refractivity contribution in [2.75, 3.05) is 0 Å². The molecule has 0 aliphatic carbocycles. The molecule has 1 N–H and O–H groups in total. The van der Waals surface area contributed by atoms with Crippen molar-refractivity contribution in [3.8, 4) is 28.9 Å². The quantitative estimate of drug-likeness (QED) is 0.781. The molecule has 0 unspecified atom stereocenters. The van der Waals surface area contributed by atoms with Crippen molar-refractivity contribution in [1.29, 1.82) is 5.26 Å². The van der Waals surface area contributed by atoms with E-state index in [1.165, 1.54) is 4.68 Å². The Morgan fingerprint density at radius 3 is 2.52 bits per heavy atom. The minimum Gasteiger partial charge on any atom is -0.493 e. The van der Waals surface area contributed by atoms with E-state index in [2.05, 4.69) is 16.2 Å². The molecule has 5 heteroatoms. The van der Waals surface area contributed by atoms with E-state index in [9.17, 15) is 5.11 Å². The number of aromatic nitrogens is 3. The van der Waals surface area contributed by atoms with Gasteiger partial charge in [0.2, 0.25) is 5.88 Å². The summed E-state index contributed by atoms with van der Waals surface area (Å²) in [7, 11) is 0. The van der Waals surface area contributed by atoms with Gasteiger partial charge in [-0.15, -0.1) is 0 Å². The predicted octanol–water partition coefficient (Wildman–Crippen LogP) is 2.82. The number of benzene rings is 1. The number of nitriles is 1. The smallest absolute Gasteiger partial charge is 0.223 e. The minimum atomic E-state index is 0.0379. The number of hydrogen-bond acceptors (Lipinski definition) is 4. The molecule has 3 rings (SSSR count). The summed E-state index contributed by atoms with van der Waals surface area (Å²) in [6.07, 6.45) is 1.65. The standard InChI is InChI=1S/C16H12N4O/c1-11-15(13-7-5-12(10-17)6-8-13)16(21)20(19-11)14-4-2-3-9-18-14/h2-9,21H,1H3. The number of hydrogen-bond donors (Lipinski definition) is 1. The Hall–Kier alpha value is -3.13. The summed E-state index contributed by atoms with van der Waals surface area (Å²) in [6.45, 7) is 1.83. The van der Waals surface area contributed by atoms with E-state index < -0.39 is 0 Å². The van der Waals surface area contributed by atoms with Crippen molar-refractivity contribution in [3.05, 3.63) is 59.9 Å². The van der Waals surface area contributed by atoms with E-state index >= 15 is 0 Å². The van der Waals surface area contributed by atoms with Gasteiger partial charge in [0.15, 0.2) is 5.82 Å². The van der Waals surface area contributed by atoms with Crippen LogP contribution in [0.1, 0.15) is 11.3 Å². The van der Waals surface area contributed by atoms with Gasteiger partial charge in [-0.25, -0.2) is 4.98 Å². The molecule has 0 spiro atoms. The molecule has 0 amide bonds. The maximum atomic E-state index is 10.4. The number of aromatic hydroxyl groups is 1. The van der Waals surface area contributed by atoms with Crippen LogP contribution in [0.4, 0.5) is 0 Å². The third kappa shape index (κ3) is 2.23. The van der Waals surface area contributed by atoms with E-state index in [0.717, 1.165) is 5.56 Å². The Morgan fingerprint density at radius 1 is 1.14 bits per heavy atom. The molecule has 2 aromatic heterocycles. The molecule has 5 nitrogen and oxygen atoms in total. The fourth-order valence-corrected chi connectivity index (χ4v) is 2.20. The first-order valence-corrected chi connectivity index (χ1v) is 6.41. The molecule has 3 aromatic rings. The van der Waals surface area contributed by atoms with Crippen molar-refractivity contribution < 1.29 is 5.11 Å². The molecular weight excluding hydrogens is 264 g/mol. The van der Waals surface area contributed by atoms with Gasteiger partial charge in [-0.1, -0.05) is 18.2 Å². The van der Waals surface area contributed by atoms with Gasteiger partial charge >= 0.3 is 0 Å². The van der Waals surface area contributed by atoms with Crippen LogP contribution in [0.2, 0.25) is 0 Å². The molecule has 0 saturated carbocycles. The molecule has 21 heavy (non-hydrogen) atoms. The maximum absolute atomic E-state index is 10.4. The fraction of sp³-hybridized carbons (Fsp3) is 0.0625. The normalized spacial score (nSPS) is 10.3. The van der Waals surface area contributed by atoms with Crippen LogP contribution in [-0.4, -0.2) is 19.9 Å². The van der Waals surface area contributed by atoms with Crippen LogP contribution in [0, 0.1) is 18.3 Å². The molecule has 1 aromatic carbocycles. The van der Waals surface area contributed by atoms with Crippen LogP contribution in [0.25, 0.3) is 16.9 Å². The van der Waals surface area contributed by atoms with Crippen molar-refractivity contribution in [3.63, 3.8) is 0 Å². The van der Waals surface area contributed by atoms with Gasteiger partial charge in [0, 0.05) is 6.20 Å². The molecule has 0 aliphatic heterocycles. The molecule has 0 radical (unpaired) electrons. The summed E-state index contributed by atoms with van der Waals surface area (Å²) in [5, 5.41) is 23.6. The molecule has 102 valence electrons. The van der Waals surface area contributed by atoms with Crippen molar-refractivity contribution in [2.24, 2.45) is 0 Å². The number of rotatable bonds is 2. The fourth-order valence-electron chi connectivity index (χ4n) is 2.20. The Bertz CT molecular complexity index is 814. The van der Waals surface area contributed by atoms with Crippen molar-refractivity contribution in [2.45, 2.75) is 6.92 Å². The Labute approximate surface area is 121 Å². The number of aryl methyl sites for hydroxylation is 1. The summed E-state index contributed by atoms with van der Waals surface area (Å²) in [6, 6.07) is 14.5. The SMILES string of the molecule is Cc1nn(-c2ccccn2)c(O)c1-c1ccc(C#N)cc1. The zero-order valence-corrected chi connectivity index (χ0v) is 11.4. The van der Waals surface area contributed by atoms with Gasteiger partial charge in [0.25, 0.3) is 0 Å². The first-order chi connectivity index (χ1) is 10.2. The van der Waals surface area contributed by atoms with Gasteiger partial charge in [-0.05, 0) is 36.8 Å². The van der Waals surface area contributed by atoms with Gasteiger partial charge < -0.3 is 5.11 Å². The van der Waals surface area contributed by atoms with Gasteiger partial charge in [0.05, 0.1) is 22.9 Å². The summed E-state index contributed by atoms with van der Waals surface area (Å²) in [5.41, 5.74) is 2.73. The van der Waals surface area contributed by atoms with Crippen LogP contribution in [0.3, 0.4) is 0 Å².